The largest absolute Gasteiger partial charge is 0.288 e. The third kappa shape index (κ3) is 3.40. The van der Waals surface area contributed by atoms with E-state index in [0.717, 1.165) is 17.7 Å². The second-order valence-corrected chi connectivity index (χ2v) is 7.34. The van der Waals surface area contributed by atoms with Gasteiger partial charge in [-0.1, -0.05) is 6.07 Å². The van der Waals surface area contributed by atoms with Crippen LogP contribution in [0.1, 0.15) is 11.1 Å². The number of hydrogen-bond acceptors (Lipinski definition) is 4. The van der Waals surface area contributed by atoms with Crippen molar-refractivity contribution in [2.45, 2.75) is 11.3 Å². The molecule has 1 heterocycles. The van der Waals surface area contributed by atoms with Gasteiger partial charge in [-0.2, -0.15) is 0 Å². The molecule has 3 rings (SSSR count). The van der Waals surface area contributed by atoms with Gasteiger partial charge in [0.15, 0.2) is 0 Å². The maximum Gasteiger partial charge on any atom is 0.267 e. The van der Waals surface area contributed by atoms with Gasteiger partial charge >= 0.3 is 0 Å². The number of halogens is 1. The van der Waals surface area contributed by atoms with Crippen molar-refractivity contribution < 1.29 is 22.8 Å². The second-order valence-electron chi connectivity index (χ2n) is 5.48. The lowest BCUT2D eigenvalue weighted by Crippen LogP contribution is -2.29. The van der Waals surface area contributed by atoms with Crippen LogP contribution in [0, 0.1) is 5.82 Å². The van der Waals surface area contributed by atoms with Gasteiger partial charge < -0.3 is 0 Å². The maximum atomic E-state index is 13.0. The van der Waals surface area contributed by atoms with E-state index in [1.165, 1.54) is 34.1 Å². The molecule has 8 heteroatoms. The molecule has 2 aromatic carbocycles. The molecule has 0 aromatic heterocycles. The van der Waals surface area contributed by atoms with Gasteiger partial charge in [0.2, 0.25) is 0 Å². The Hall–Kier alpha value is -2.71. The number of nitrogens with one attached hydrogen (secondary N) is 1. The number of hydroxylamine groups is 1. The third-order valence-electron chi connectivity index (χ3n) is 3.90. The molecule has 6 nitrogen and oxygen atoms in total. The first-order valence-corrected chi connectivity index (χ1v) is 8.89. The van der Waals surface area contributed by atoms with Crippen LogP contribution in [0.4, 0.5) is 10.1 Å². The van der Waals surface area contributed by atoms with Crippen molar-refractivity contribution in [2.75, 3.05) is 10.8 Å². The second kappa shape index (κ2) is 6.66. The van der Waals surface area contributed by atoms with E-state index in [0.29, 0.717) is 24.2 Å². The first kappa shape index (κ1) is 17.1. The highest BCUT2D eigenvalue weighted by Gasteiger charge is 2.30. The molecule has 130 valence electrons. The summed E-state index contributed by atoms with van der Waals surface area (Å²) in [6.45, 7) is 0.291. The number of amides is 1. The fourth-order valence-corrected chi connectivity index (χ4v) is 4.19. The third-order valence-corrected chi connectivity index (χ3v) is 5.72. The Bertz CT molecular complexity index is 940. The van der Waals surface area contributed by atoms with E-state index in [9.17, 15) is 17.6 Å². The lowest BCUT2D eigenvalue weighted by atomic mass is 10.1. The van der Waals surface area contributed by atoms with Crippen molar-refractivity contribution in [3.8, 4) is 0 Å². The summed E-state index contributed by atoms with van der Waals surface area (Å²) in [5.74, 6) is -1.15. The number of hydrogen-bond donors (Lipinski definition) is 2. The molecule has 0 saturated heterocycles. The van der Waals surface area contributed by atoms with Crippen LogP contribution in [0.15, 0.2) is 53.4 Å². The first-order chi connectivity index (χ1) is 11.9. The quantitative estimate of drug-likeness (QED) is 0.495. The Labute approximate surface area is 144 Å². The van der Waals surface area contributed by atoms with Crippen LogP contribution in [0.2, 0.25) is 0 Å². The summed E-state index contributed by atoms with van der Waals surface area (Å²) in [6, 6.07) is 9.85. The van der Waals surface area contributed by atoms with E-state index in [1.807, 2.05) is 0 Å². The monoisotopic (exact) mass is 362 g/mol. The van der Waals surface area contributed by atoms with Crippen molar-refractivity contribution in [2.24, 2.45) is 0 Å². The van der Waals surface area contributed by atoms with Gasteiger partial charge in [0.05, 0.1) is 10.6 Å². The smallest absolute Gasteiger partial charge is 0.267 e. The maximum absolute atomic E-state index is 13.0. The van der Waals surface area contributed by atoms with Crippen molar-refractivity contribution in [1.29, 1.82) is 0 Å². The van der Waals surface area contributed by atoms with Gasteiger partial charge in [0.25, 0.3) is 15.9 Å². The lowest BCUT2D eigenvalue weighted by Gasteiger charge is -2.19. The zero-order valence-corrected chi connectivity index (χ0v) is 13.8. The minimum atomic E-state index is -3.76. The van der Waals surface area contributed by atoms with Crippen LogP contribution >= 0.6 is 0 Å². The molecular formula is C17H15FN2O4S. The average molecular weight is 362 g/mol. The molecule has 0 radical (unpaired) electrons. The highest BCUT2D eigenvalue weighted by Crippen LogP contribution is 2.33. The molecule has 2 N–H and O–H groups in total. The SMILES string of the molecule is O=C(C=Cc1ccc2c(c1)CCN2S(=O)(=O)c1ccc(F)cc1)NO. The molecule has 0 spiro atoms. The molecule has 25 heavy (non-hydrogen) atoms. The molecule has 0 aliphatic carbocycles. The zero-order valence-electron chi connectivity index (χ0n) is 13.0. The number of benzene rings is 2. The van der Waals surface area contributed by atoms with Crippen LogP contribution < -0.4 is 9.79 Å². The summed E-state index contributed by atoms with van der Waals surface area (Å²) < 4.78 is 39.8. The van der Waals surface area contributed by atoms with Crippen LogP contribution in [0.25, 0.3) is 6.08 Å². The summed E-state index contributed by atoms with van der Waals surface area (Å²) in [6.07, 6.45) is 3.22. The molecule has 1 aliphatic heterocycles. The summed E-state index contributed by atoms with van der Waals surface area (Å²) in [7, 11) is -3.76. The van der Waals surface area contributed by atoms with E-state index in [-0.39, 0.29) is 4.90 Å². The number of anilines is 1. The lowest BCUT2D eigenvalue weighted by molar-refractivity contribution is -0.124. The van der Waals surface area contributed by atoms with Crippen LogP contribution in [-0.2, 0) is 21.2 Å². The molecule has 0 unspecified atom stereocenters. The van der Waals surface area contributed by atoms with E-state index >= 15 is 0 Å². The topological polar surface area (TPSA) is 86.7 Å². The van der Waals surface area contributed by atoms with Crippen molar-refractivity contribution >= 4 is 27.7 Å². The van der Waals surface area contributed by atoms with E-state index in [1.54, 1.807) is 18.2 Å². The van der Waals surface area contributed by atoms with Gasteiger partial charge in [-0.25, -0.2) is 18.3 Å². The van der Waals surface area contributed by atoms with Gasteiger partial charge in [-0.3, -0.25) is 14.3 Å². The predicted octanol–water partition coefficient (Wildman–Crippen LogP) is 2.10. The number of carbonyl (C=O) groups is 1. The van der Waals surface area contributed by atoms with Gasteiger partial charge in [-0.05, 0) is 60.0 Å². The number of carbonyl (C=O) groups excluding carboxylic acids is 1. The Balaban J connectivity index is 1.90. The molecule has 0 fully saturated rings. The number of fused-ring (bicyclic) bond motifs is 1. The van der Waals surface area contributed by atoms with E-state index in [4.69, 9.17) is 5.21 Å². The van der Waals surface area contributed by atoms with Gasteiger partial charge in [-0.15, -0.1) is 0 Å². The minimum absolute atomic E-state index is 0.0327. The molecule has 2 aromatic rings. The molecule has 0 saturated carbocycles. The summed E-state index contributed by atoms with van der Waals surface area (Å²) >= 11 is 0. The summed E-state index contributed by atoms with van der Waals surface area (Å²) in [5.41, 5.74) is 3.60. The number of sulfonamides is 1. The van der Waals surface area contributed by atoms with Crippen molar-refractivity contribution in [3.63, 3.8) is 0 Å². The van der Waals surface area contributed by atoms with Crippen molar-refractivity contribution in [1.82, 2.24) is 5.48 Å². The summed E-state index contributed by atoms with van der Waals surface area (Å²) in [5, 5.41) is 8.47. The highest BCUT2D eigenvalue weighted by molar-refractivity contribution is 7.92. The van der Waals surface area contributed by atoms with Crippen molar-refractivity contribution in [3.05, 3.63) is 65.5 Å². The highest BCUT2D eigenvalue weighted by atomic mass is 32.2. The molecule has 1 aliphatic rings. The molecule has 0 bridgehead atoms. The molecule has 0 atom stereocenters. The minimum Gasteiger partial charge on any atom is -0.288 e. The van der Waals surface area contributed by atoms with Crippen LogP contribution in [0.5, 0.6) is 0 Å². The molecular weight excluding hydrogens is 347 g/mol. The fraction of sp³-hybridized carbons (Fsp3) is 0.118. The Morgan fingerprint density at radius 2 is 1.92 bits per heavy atom. The Kier molecular flexibility index (Phi) is 4.56. The standard InChI is InChI=1S/C17H15FN2O4S/c18-14-3-5-15(6-4-14)25(23,24)20-10-9-13-11-12(1-7-16(13)20)2-8-17(21)19-22/h1-8,11,22H,9-10H2,(H,19,21). The van der Waals surface area contributed by atoms with E-state index < -0.39 is 21.7 Å². The van der Waals surface area contributed by atoms with Gasteiger partial charge in [0, 0.05) is 12.6 Å². The Morgan fingerprint density at radius 3 is 2.60 bits per heavy atom. The average Bonchev–Trinajstić information content (AvgIpc) is 3.04. The normalized spacial score (nSPS) is 13.9. The Morgan fingerprint density at radius 1 is 1.20 bits per heavy atom. The zero-order chi connectivity index (χ0) is 18.0. The number of nitrogens with zero attached hydrogens (tertiary/aromatic N) is 1. The summed E-state index contributed by atoms with van der Waals surface area (Å²) in [4.78, 5) is 11.1. The molecule has 1 amide bonds. The first-order valence-electron chi connectivity index (χ1n) is 7.45. The van der Waals surface area contributed by atoms with Crippen LogP contribution in [-0.4, -0.2) is 26.1 Å². The fourth-order valence-electron chi connectivity index (χ4n) is 2.69. The van der Waals surface area contributed by atoms with E-state index in [2.05, 4.69) is 0 Å². The van der Waals surface area contributed by atoms with Gasteiger partial charge in [0.1, 0.15) is 5.82 Å². The van der Waals surface area contributed by atoms with Crippen LogP contribution in [0.3, 0.4) is 0 Å². The number of rotatable bonds is 4. The predicted molar refractivity (Wildman–Crippen MR) is 90.0 cm³/mol.